The van der Waals surface area contributed by atoms with Crippen LogP contribution < -0.4 is 11.5 Å². The average Bonchev–Trinajstić information content (AvgIpc) is 3.30. The molecule has 0 spiro atoms. The molecule has 150 valence electrons. The number of halogens is 2. The van der Waals surface area contributed by atoms with Crippen LogP contribution in [0.25, 0.3) is 0 Å². The summed E-state index contributed by atoms with van der Waals surface area (Å²) in [6.07, 6.45) is 0. The first kappa shape index (κ1) is 21.9. The number of rotatable bonds is 5. The fourth-order valence-corrected chi connectivity index (χ4v) is 5.34. The molecule has 4 nitrogen and oxygen atoms in total. The molecule has 0 aliphatic carbocycles. The molecule has 4 rings (SSSR count). The van der Waals surface area contributed by atoms with Crippen molar-refractivity contribution in [2.24, 2.45) is 0 Å². The van der Waals surface area contributed by atoms with Gasteiger partial charge >= 0.3 is 0 Å². The lowest BCUT2D eigenvalue weighted by atomic mass is 9.86. The van der Waals surface area contributed by atoms with Crippen molar-refractivity contribution >= 4 is 56.5 Å². The molecular weight excluding hydrogens is 492 g/mol. The number of amides is 1. The number of hydrogen-bond donors (Lipinski definition) is 3. The minimum absolute atomic E-state index is 0. The summed E-state index contributed by atoms with van der Waals surface area (Å²) in [5, 5.41) is 18.5. The number of benzene rings is 2. The van der Waals surface area contributed by atoms with Crippen molar-refractivity contribution in [2.75, 3.05) is 0 Å². The molecule has 2 aromatic carbocycles. The van der Waals surface area contributed by atoms with Gasteiger partial charge in [-0.15, -0.1) is 0 Å². The second-order valence-electron chi connectivity index (χ2n) is 6.28. The van der Waals surface area contributed by atoms with E-state index in [1.807, 2.05) is 59.3 Å². The molecule has 0 saturated carbocycles. The monoisotopic (exact) mass is 508 g/mol. The first-order valence-corrected chi connectivity index (χ1v) is 11.4. The van der Waals surface area contributed by atoms with E-state index in [1.165, 1.54) is 11.8 Å². The third-order valence-corrected chi connectivity index (χ3v) is 7.38. The third-order valence-electron chi connectivity index (χ3n) is 4.53. The number of aliphatic hydroxyl groups is 1. The van der Waals surface area contributed by atoms with Gasteiger partial charge in [-0.25, -0.2) is 0 Å². The van der Waals surface area contributed by atoms with Gasteiger partial charge in [0.2, 0.25) is 0 Å². The van der Waals surface area contributed by atoms with E-state index in [4.69, 9.17) is 11.6 Å². The van der Waals surface area contributed by atoms with Crippen LogP contribution in [-0.4, -0.2) is 17.1 Å². The molecule has 0 fully saturated rings. The van der Waals surface area contributed by atoms with Crippen LogP contribution in [0.5, 0.6) is 0 Å². The SMILES string of the molecule is N.O=C1NC(C(c2ccc(Br)cc2)c2ccsc2)C(O)=C1Sc1ccccc1Cl. The molecule has 1 aliphatic rings. The molecule has 2 heterocycles. The Hall–Kier alpha value is -1.77. The van der Waals surface area contributed by atoms with E-state index in [0.29, 0.717) is 5.02 Å². The van der Waals surface area contributed by atoms with Gasteiger partial charge < -0.3 is 16.6 Å². The molecule has 0 radical (unpaired) electrons. The van der Waals surface area contributed by atoms with Crippen molar-refractivity contribution in [1.82, 2.24) is 11.5 Å². The van der Waals surface area contributed by atoms with Gasteiger partial charge in [0.05, 0.1) is 11.1 Å². The smallest absolute Gasteiger partial charge is 0.262 e. The second kappa shape index (κ2) is 9.36. The summed E-state index contributed by atoms with van der Waals surface area (Å²) in [6.45, 7) is 0. The molecule has 8 heteroatoms. The molecule has 1 amide bonds. The van der Waals surface area contributed by atoms with Gasteiger partial charge in [-0.2, -0.15) is 11.3 Å². The maximum Gasteiger partial charge on any atom is 0.262 e. The third kappa shape index (κ3) is 4.54. The predicted molar refractivity (Wildman–Crippen MR) is 124 cm³/mol. The van der Waals surface area contributed by atoms with E-state index >= 15 is 0 Å². The highest BCUT2D eigenvalue weighted by Crippen LogP contribution is 2.41. The van der Waals surface area contributed by atoms with Crippen molar-refractivity contribution in [3.05, 3.63) is 96.6 Å². The molecule has 2 atom stereocenters. The van der Waals surface area contributed by atoms with Gasteiger partial charge in [0.1, 0.15) is 10.7 Å². The summed E-state index contributed by atoms with van der Waals surface area (Å²) in [5.74, 6) is -0.425. The van der Waals surface area contributed by atoms with Crippen molar-refractivity contribution < 1.29 is 9.90 Å². The van der Waals surface area contributed by atoms with Gasteiger partial charge in [0.25, 0.3) is 5.91 Å². The van der Waals surface area contributed by atoms with E-state index in [1.54, 1.807) is 17.4 Å². The van der Waals surface area contributed by atoms with E-state index in [0.717, 1.165) is 20.5 Å². The van der Waals surface area contributed by atoms with Crippen LogP contribution in [0.2, 0.25) is 5.02 Å². The second-order valence-corrected chi connectivity index (χ2v) is 9.44. The number of hydrogen-bond acceptors (Lipinski definition) is 5. The lowest BCUT2D eigenvalue weighted by Gasteiger charge is -2.24. The minimum Gasteiger partial charge on any atom is -0.509 e. The van der Waals surface area contributed by atoms with Gasteiger partial charge in [-0.3, -0.25) is 4.79 Å². The first-order valence-electron chi connectivity index (χ1n) is 8.48. The van der Waals surface area contributed by atoms with Gasteiger partial charge in [0.15, 0.2) is 0 Å². The van der Waals surface area contributed by atoms with Crippen molar-refractivity contribution in [1.29, 1.82) is 0 Å². The van der Waals surface area contributed by atoms with Crippen LogP contribution in [0, 0.1) is 0 Å². The van der Waals surface area contributed by atoms with Crippen molar-refractivity contribution in [3.8, 4) is 0 Å². The summed E-state index contributed by atoms with van der Waals surface area (Å²) < 4.78 is 0.977. The highest BCUT2D eigenvalue weighted by molar-refractivity contribution is 9.10. The minimum atomic E-state index is -0.534. The molecular formula is C21H18BrClN2O2S2. The molecule has 0 saturated heterocycles. The summed E-state index contributed by atoms with van der Waals surface area (Å²) in [6, 6.07) is 16.7. The zero-order chi connectivity index (χ0) is 19.7. The van der Waals surface area contributed by atoms with Crippen molar-refractivity contribution in [3.63, 3.8) is 0 Å². The molecule has 1 aliphatic heterocycles. The van der Waals surface area contributed by atoms with Crippen LogP contribution in [0.4, 0.5) is 0 Å². The quantitative estimate of drug-likeness (QED) is 0.365. The zero-order valence-corrected chi connectivity index (χ0v) is 19.1. The lowest BCUT2D eigenvalue weighted by molar-refractivity contribution is -0.116. The zero-order valence-electron chi connectivity index (χ0n) is 15.1. The Morgan fingerprint density at radius 3 is 2.48 bits per heavy atom. The number of aliphatic hydroxyl groups excluding tert-OH is 1. The van der Waals surface area contributed by atoms with E-state index < -0.39 is 6.04 Å². The van der Waals surface area contributed by atoms with Crippen LogP contribution in [0.3, 0.4) is 0 Å². The Morgan fingerprint density at radius 1 is 1.10 bits per heavy atom. The number of carbonyl (C=O) groups is 1. The average molecular weight is 510 g/mol. The van der Waals surface area contributed by atoms with E-state index in [-0.39, 0.29) is 28.6 Å². The highest BCUT2D eigenvalue weighted by atomic mass is 79.9. The number of carbonyl (C=O) groups excluding carboxylic acids is 1. The highest BCUT2D eigenvalue weighted by Gasteiger charge is 2.39. The lowest BCUT2D eigenvalue weighted by Crippen LogP contribution is -2.35. The molecule has 5 N–H and O–H groups in total. The van der Waals surface area contributed by atoms with Crippen LogP contribution in [-0.2, 0) is 4.79 Å². The summed E-state index contributed by atoms with van der Waals surface area (Å²) in [5.41, 5.74) is 2.07. The molecule has 1 aromatic heterocycles. The van der Waals surface area contributed by atoms with Crippen LogP contribution in [0.15, 0.2) is 85.4 Å². The van der Waals surface area contributed by atoms with Crippen LogP contribution in [0.1, 0.15) is 17.0 Å². The maximum atomic E-state index is 12.7. The Morgan fingerprint density at radius 2 is 1.83 bits per heavy atom. The summed E-state index contributed by atoms with van der Waals surface area (Å²) in [7, 11) is 0. The van der Waals surface area contributed by atoms with Crippen molar-refractivity contribution in [2.45, 2.75) is 16.9 Å². The molecule has 2 unspecified atom stereocenters. The van der Waals surface area contributed by atoms with Gasteiger partial charge in [-0.05, 0) is 52.2 Å². The first-order chi connectivity index (χ1) is 13.5. The number of thiophene rings is 1. The Balaban J connectivity index is 0.00000240. The number of thioether (sulfide) groups is 1. The molecule has 3 aromatic rings. The van der Waals surface area contributed by atoms with Crippen LogP contribution >= 0.6 is 50.6 Å². The predicted octanol–water partition coefficient (Wildman–Crippen LogP) is 6.52. The van der Waals surface area contributed by atoms with E-state index in [2.05, 4.69) is 21.2 Å². The molecule has 0 bridgehead atoms. The maximum absolute atomic E-state index is 12.7. The topological polar surface area (TPSA) is 84.3 Å². The normalized spacial score (nSPS) is 17.0. The van der Waals surface area contributed by atoms with Gasteiger partial charge in [-0.1, -0.05) is 63.6 Å². The molecule has 29 heavy (non-hydrogen) atoms. The fourth-order valence-electron chi connectivity index (χ4n) is 3.21. The summed E-state index contributed by atoms with van der Waals surface area (Å²) in [4.78, 5) is 13.7. The Kier molecular flexibility index (Phi) is 7.08. The standard InChI is InChI=1S/C21H15BrClNO2S2.H3N/c22-14-7-5-12(6-8-14)17(13-9-10-27-11-13)18-19(25)20(21(26)24-18)28-16-4-2-1-3-15(16)23;/h1-11,17-18,25H,(H,24,26);1H3. The summed E-state index contributed by atoms with van der Waals surface area (Å²) >= 11 is 12.5. The fraction of sp³-hybridized carbons (Fsp3) is 0.0952. The van der Waals surface area contributed by atoms with Gasteiger partial charge in [0, 0.05) is 15.3 Å². The Labute approximate surface area is 190 Å². The van der Waals surface area contributed by atoms with E-state index in [9.17, 15) is 9.90 Å². The number of nitrogens with one attached hydrogen (secondary N) is 1. The largest absolute Gasteiger partial charge is 0.509 e. The Bertz CT molecular complexity index is 1040.